The zero-order valence-corrected chi connectivity index (χ0v) is 10.1. The van der Waals surface area contributed by atoms with Gasteiger partial charge in [0.25, 0.3) is 0 Å². The summed E-state index contributed by atoms with van der Waals surface area (Å²) in [6, 6.07) is 9.17. The van der Waals surface area contributed by atoms with E-state index in [2.05, 4.69) is 36.6 Å². The van der Waals surface area contributed by atoms with Crippen molar-refractivity contribution in [1.29, 1.82) is 0 Å². The minimum atomic E-state index is 0.342. The van der Waals surface area contributed by atoms with E-state index in [0.29, 0.717) is 6.04 Å². The zero-order valence-electron chi connectivity index (χ0n) is 10.1. The van der Waals surface area contributed by atoms with E-state index in [0.717, 1.165) is 12.3 Å². The molecule has 0 spiro atoms. The third-order valence-corrected chi connectivity index (χ3v) is 3.77. The summed E-state index contributed by atoms with van der Waals surface area (Å²) < 4.78 is 0. The van der Waals surface area contributed by atoms with Gasteiger partial charge in [0, 0.05) is 6.04 Å². The average Bonchev–Trinajstić information content (AvgIpc) is 2.84. The lowest BCUT2D eigenvalue weighted by Gasteiger charge is -2.23. The van der Waals surface area contributed by atoms with Gasteiger partial charge in [-0.05, 0) is 36.3 Å². The molecule has 2 nitrogen and oxygen atoms in total. The average molecular weight is 218 g/mol. The van der Waals surface area contributed by atoms with Gasteiger partial charge in [-0.1, -0.05) is 44.0 Å². The van der Waals surface area contributed by atoms with E-state index < -0.39 is 0 Å². The predicted molar refractivity (Wildman–Crippen MR) is 67.8 cm³/mol. The van der Waals surface area contributed by atoms with Crippen LogP contribution in [-0.4, -0.2) is 0 Å². The van der Waals surface area contributed by atoms with Crippen LogP contribution < -0.4 is 11.3 Å². The molecule has 0 aliphatic heterocycles. The van der Waals surface area contributed by atoms with Crippen molar-refractivity contribution in [2.75, 3.05) is 0 Å². The molecule has 0 radical (unpaired) electrons. The summed E-state index contributed by atoms with van der Waals surface area (Å²) in [5.41, 5.74) is 5.77. The maximum atomic E-state index is 5.73. The Balaban J connectivity index is 2.18. The third kappa shape index (κ3) is 2.45. The molecule has 16 heavy (non-hydrogen) atoms. The Labute approximate surface area is 98.2 Å². The number of nitrogens with two attached hydrogens (primary N) is 1. The molecule has 1 unspecified atom stereocenters. The highest BCUT2D eigenvalue weighted by molar-refractivity contribution is 5.26. The first-order valence-electron chi connectivity index (χ1n) is 6.40. The van der Waals surface area contributed by atoms with Crippen LogP contribution in [0.3, 0.4) is 0 Å². The second kappa shape index (κ2) is 5.46. The first-order valence-corrected chi connectivity index (χ1v) is 6.40. The van der Waals surface area contributed by atoms with E-state index in [-0.39, 0.29) is 0 Å². The summed E-state index contributed by atoms with van der Waals surface area (Å²) >= 11 is 0. The fourth-order valence-corrected chi connectivity index (χ4v) is 2.80. The van der Waals surface area contributed by atoms with Gasteiger partial charge in [0.15, 0.2) is 0 Å². The molecule has 2 rings (SSSR count). The molecule has 0 bridgehead atoms. The highest BCUT2D eigenvalue weighted by atomic mass is 15.2. The molecule has 1 aromatic rings. The maximum absolute atomic E-state index is 5.73. The van der Waals surface area contributed by atoms with Crippen LogP contribution in [0, 0.1) is 5.92 Å². The highest BCUT2D eigenvalue weighted by Gasteiger charge is 2.25. The lowest BCUT2D eigenvalue weighted by atomic mass is 9.91. The third-order valence-electron chi connectivity index (χ3n) is 3.77. The van der Waals surface area contributed by atoms with E-state index in [4.69, 9.17) is 5.84 Å². The van der Waals surface area contributed by atoms with Crippen molar-refractivity contribution in [2.45, 2.75) is 45.1 Å². The molecule has 88 valence electrons. The fraction of sp³-hybridized carbons (Fsp3) is 0.571. The summed E-state index contributed by atoms with van der Waals surface area (Å²) in [5.74, 6) is 6.45. The maximum Gasteiger partial charge on any atom is 0.0488 e. The van der Waals surface area contributed by atoms with Crippen molar-refractivity contribution in [3.05, 3.63) is 35.4 Å². The van der Waals surface area contributed by atoms with Gasteiger partial charge in [-0.3, -0.25) is 11.3 Å². The van der Waals surface area contributed by atoms with Crippen molar-refractivity contribution in [2.24, 2.45) is 11.8 Å². The first kappa shape index (κ1) is 11.6. The van der Waals surface area contributed by atoms with Crippen LogP contribution in [-0.2, 0) is 6.42 Å². The molecule has 0 saturated heterocycles. The topological polar surface area (TPSA) is 38.0 Å². The van der Waals surface area contributed by atoms with Crippen LogP contribution in [0.15, 0.2) is 24.3 Å². The number of benzene rings is 1. The summed E-state index contributed by atoms with van der Waals surface area (Å²) in [6.45, 7) is 2.19. The molecule has 1 saturated carbocycles. The lowest BCUT2D eigenvalue weighted by Crippen LogP contribution is -2.32. The Hall–Kier alpha value is -0.860. The predicted octanol–water partition coefficient (Wildman–Crippen LogP) is 2.94. The van der Waals surface area contributed by atoms with Gasteiger partial charge in [0.1, 0.15) is 0 Å². The molecule has 1 aliphatic rings. The van der Waals surface area contributed by atoms with Gasteiger partial charge >= 0.3 is 0 Å². The number of hydrogen-bond donors (Lipinski definition) is 2. The zero-order chi connectivity index (χ0) is 11.4. The van der Waals surface area contributed by atoms with Crippen LogP contribution in [0.5, 0.6) is 0 Å². The largest absolute Gasteiger partial charge is 0.271 e. The second-order valence-corrected chi connectivity index (χ2v) is 4.79. The molecular formula is C14H22N2. The van der Waals surface area contributed by atoms with Crippen molar-refractivity contribution >= 4 is 0 Å². The summed E-state index contributed by atoms with van der Waals surface area (Å²) in [5, 5.41) is 0. The molecule has 0 aromatic heterocycles. The minimum absolute atomic E-state index is 0.342. The number of nitrogens with one attached hydrogen (secondary N) is 1. The molecular weight excluding hydrogens is 196 g/mol. The molecule has 1 aromatic carbocycles. The SMILES string of the molecule is CCc1cccc(C(NN)C2CCCC2)c1. The Morgan fingerprint density at radius 3 is 2.75 bits per heavy atom. The van der Waals surface area contributed by atoms with E-state index in [9.17, 15) is 0 Å². The van der Waals surface area contributed by atoms with E-state index in [1.807, 2.05) is 0 Å². The van der Waals surface area contributed by atoms with Crippen molar-refractivity contribution in [3.8, 4) is 0 Å². The summed E-state index contributed by atoms with van der Waals surface area (Å²) in [6.07, 6.45) is 6.43. The van der Waals surface area contributed by atoms with Crippen LogP contribution in [0.1, 0.15) is 49.8 Å². The Kier molecular flexibility index (Phi) is 3.97. The summed E-state index contributed by atoms with van der Waals surface area (Å²) in [7, 11) is 0. The number of aryl methyl sites for hydroxylation is 1. The number of hydrogen-bond acceptors (Lipinski definition) is 2. The Bertz CT molecular complexity index is 329. The van der Waals surface area contributed by atoms with Gasteiger partial charge in [0.2, 0.25) is 0 Å². The normalized spacial score (nSPS) is 18.9. The molecule has 1 aliphatic carbocycles. The summed E-state index contributed by atoms with van der Waals surface area (Å²) in [4.78, 5) is 0. The molecule has 0 heterocycles. The fourth-order valence-electron chi connectivity index (χ4n) is 2.80. The van der Waals surface area contributed by atoms with E-state index in [1.54, 1.807) is 0 Å². The van der Waals surface area contributed by atoms with Crippen LogP contribution in [0.4, 0.5) is 0 Å². The van der Waals surface area contributed by atoms with Gasteiger partial charge in [-0.2, -0.15) is 0 Å². The minimum Gasteiger partial charge on any atom is -0.271 e. The van der Waals surface area contributed by atoms with Crippen LogP contribution in [0.25, 0.3) is 0 Å². The first-order chi connectivity index (χ1) is 7.85. The molecule has 0 amide bonds. The second-order valence-electron chi connectivity index (χ2n) is 4.79. The van der Waals surface area contributed by atoms with E-state index in [1.165, 1.54) is 36.8 Å². The molecule has 1 fully saturated rings. The highest BCUT2D eigenvalue weighted by Crippen LogP contribution is 2.35. The van der Waals surface area contributed by atoms with Crippen LogP contribution >= 0.6 is 0 Å². The lowest BCUT2D eigenvalue weighted by molar-refractivity contribution is 0.373. The van der Waals surface area contributed by atoms with Crippen LogP contribution in [0.2, 0.25) is 0 Å². The molecule has 2 heteroatoms. The van der Waals surface area contributed by atoms with Crippen molar-refractivity contribution < 1.29 is 0 Å². The van der Waals surface area contributed by atoms with Crippen molar-refractivity contribution in [1.82, 2.24) is 5.43 Å². The van der Waals surface area contributed by atoms with Gasteiger partial charge < -0.3 is 0 Å². The Morgan fingerprint density at radius 2 is 2.12 bits per heavy atom. The van der Waals surface area contributed by atoms with Gasteiger partial charge in [0.05, 0.1) is 0 Å². The molecule has 3 N–H and O–H groups in total. The quantitative estimate of drug-likeness (QED) is 0.602. The van der Waals surface area contributed by atoms with Crippen molar-refractivity contribution in [3.63, 3.8) is 0 Å². The smallest absolute Gasteiger partial charge is 0.0488 e. The monoisotopic (exact) mass is 218 g/mol. The van der Waals surface area contributed by atoms with Gasteiger partial charge in [-0.15, -0.1) is 0 Å². The number of rotatable bonds is 4. The van der Waals surface area contributed by atoms with E-state index >= 15 is 0 Å². The Morgan fingerprint density at radius 1 is 1.38 bits per heavy atom. The molecule has 1 atom stereocenters. The standard InChI is InChI=1S/C14H22N2/c1-2-11-6-5-9-13(10-11)14(16-15)12-7-3-4-8-12/h5-6,9-10,12,14,16H,2-4,7-8,15H2,1H3. The number of hydrazine groups is 1. The van der Waals surface area contributed by atoms with Gasteiger partial charge in [-0.25, -0.2) is 0 Å².